The normalized spacial score (nSPS) is 12.9. The van der Waals surface area contributed by atoms with Crippen LogP contribution in [0.4, 0.5) is 0 Å². The Bertz CT molecular complexity index is 286. The van der Waals surface area contributed by atoms with Crippen LogP contribution >= 0.6 is 0 Å². The first-order valence-electron chi connectivity index (χ1n) is 6.65. The molecular weight excluding hydrogens is 210 g/mol. The van der Waals surface area contributed by atoms with Crippen molar-refractivity contribution in [2.45, 2.75) is 38.7 Å². The molecule has 2 heteroatoms. The summed E-state index contributed by atoms with van der Waals surface area (Å²) >= 11 is 0. The molecule has 0 amide bonds. The highest BCUT2D eigenvalue weighted by atomic mass is 16.3. The SMILES string of the molecule is CCCCCN(C)CC[C@@H](O)c1ccccc1. The van der Waals surface area contributed by atoms with E-state index in [1.807, 2.05) is 30.3 Å². The summed E-state index contributed by atoms with van der Waals surface area (Å²) in [5.74, 6) is 0. The summed E-state index contributed by atoms with van der Waals surface area (Å²) in [6.07, 6.45) is 4.30. The highest BCUT2D eigenvalue weighted by Crippen LogP contribution is 2.16. The lowest BCUT2D eigenvalue weighted by Gasteiger charge is -2.18. The third-order valence-electron chi connectivity index (χ3n) is 3.11. The molecule has 0 saturated heterocycles. The number of unbranched alkanes of at least 4 members (excludes halogenated alkanes) is 2. The fraction of sp³-hybridized carbons (Fsp3) is 0.600. The van der Waals surface area contributed by atoms with Crippen LogP contribution in [0.2, 0.25) is 0 Å². The molecule has 0 spiro atoms. The second kappa shape index (κ2) is 8.26. The third-order valence-corrected chi connectivity index (χ3v) is 3.11. The van der Waals surface area contributed by atoms with Gasteiger partial charge in [0.1, 0.15) is 0 Å². The van der Waals surface area contributed by atoms with E-state index in [1.54, 1.807) is 0 Å². The first kappa shape index (κ1) is 14.2. The molecule has 17 heavy (non-hydrogen) atoms. The minimum absolute atomic E-state index is 0.329. The fourth-order valence-electron chi connectivity index (χ4n) is 1.93. The molecule has 0 saturated carbocycles. The van der Waals surface area contributed by atoms with E-state index in [9.17, 15) is 5.11 Å². The van der Waals surface area contributed by atoms with Crippen LogP contribution in [0.3, 0.4) is 0 Å². The lowest BCUT2D eigenvalue weighted by molar-refractivity contribution is 0.148. The van der Waals surface area contributed by atoms with Gasteiger partial charge in [0.2, 0.25) is 0 Å². The molecule has 1 N–H and O–H groups in total. The van der Waals surface area contributed by atoms with Gasteiger partial charge in [-0.2, -0.15) is 0 Å². The van der Waals surface area contributed by atoms with E-state index in [1.165, 1.54) is 19.3 Å². The minimum Gasteiger partial charge on any atom is -0.388 e. The number of rotatable bonds is 8. The maximum absolute atomic E-state index is 10.0. The van der Waals surface area contributed by atoms with Crippen molar-refractivity contribution >= 4 is 0 Å². The van der Waals surface area contributed by atoms with Crippen LogP contribution in [0.1, 0.15) is 44.3 Å². The summed E-state index contributed by atoms with van der Waals surface area (Å²) in [6, 6.07) is 9.91. The zero-order chi connectivity index (χ0) is 12.5. The Morgan fingerprint density at radius 1 is 1.12 bits per heavy atom. The molecule has 0 aliphatic heterocycles. The Hall–Kier alpha value is -0.860. The predicted octanol–water partition coefficient (Wildman–Crippen LogP) is 3.23. The van der Waals surface area contributed by atoms with Crippen LogP contribution in [-0.4, -0.2) is 30.1 Å². The van der Waals surface area contributed by atoms with Crippen LogP contribution in [-0.2, 0) is 0 Å². The summed E-state index contributed by atoms with van der Waals surface area (Å²) in [5, 5.41) is 10.0. The van der Waals surface area contributed by atoms with Gasteiger partial charge < -0.3 is 10.0 Å². The van der Waals surface area contributed by atoms with Gasteiger partial charge in [0.05, 0.1) is 6.10 Å². The number of nitrogens with zero attached hydrogens (tertiary/aromatic N) is 1. The predicted molar refractivity (Wildman–Crippen MR) is 73.0 cm³/mol. The Morgan fingerprint density at radius 2 is 1.82 bits per heavy atom. The molecule has 0 fully saturated rings. The highest BCUT2D eigenvalue weighted by molar-refractivity contribution is 5.17. The van der Waals surface area contributed by atoms with E-state index in [0.717, 1.165) is 25.1 Å². The quantitative estimate of drug-likeness (QED) is 0.699. The summed E-state index contributed by atoms with van der Waals surface area (Å²) < 4.78 is 0. The summed E-state index contributed by atoms with van der Waals surface area (Å²) in [4.78, 5) is 2.31. The lowest BCUT2D eigenvalue weighted by Crippen LogP contribution is -2.22. The van der Waals surface area contributed by atoms with Crippen LogP contribution in [0.5, 0.6) is 0 Å². The number of hydrogen-bond donors (Lipinski definition) is 1. The van der Waals surface area contributed by atoms with Crippen LogP contribution in [0.15, 0.2) is 30.3 Å². The third kappa shape index (κ3) is 5.85. The van der Waals surface area contributed by atoms with Crippen LogP contribution in [0, 0.1) is 0 Å². The van der Waals surface area contributed by atoms with Gasteiger partial charge in [-0.25, -0.2) is 0 Å². The zero-order valence-corrected chi connectivity index (χ0v) is 11.1. The molecule has 0 aromatic heterocycles. The summed E-state index contributed by atoms with van der Waals surface area (Å²) in [5.41, 5.74) is 1.02. The molecule has 0 bridgehead atoms. The average molecular weight is 235 g/mol. The zero-order valence-electron chi connectivity index (χ0n) is 11.1. The molecule has 1 atom stereocenters. The number of aliphatic hydroxyl groups excluding tert-OH is 1. The van der Waals surface area contributed by atoms with Crippen molar-refractivity contribution in [3.05, 3.63) is 35.9 Å². The van der Waals surface area contributed by atoms with E-state index in [-0.39, 0.29) is 6.10 Å². The topological polar surface area (TPSA) is 23.5 Å². The molecule has 1 aromatic rings. The summed E-state index contributed by atoms with van der Waals surface area (Å²) in [6.45, 7) is 4.31. The van der Waals surface area contributed by atoms with E-state index in [0.29, 0.717) is 0 Å². The van der Waals surface area contributed by atoms with E-state index in [2.05, 4.69) is 18.9 Å². The van der Waals surface area contributed by atoms with Crippen molar-refractivity contribution in [2.24, 2.45) is 0 Å². The van der Waals surface area contributed by atoms with Gasteiger partial charge in [-0.3, -0.25) is 0 Å². The molecule has 2 nitrogen and oxygen atoms in total. The second-order valence-electron chi connectivity index (χ2n) is 4.73. The smallest absolute Gasteiger partial charge is 0.0802 e. The molecule has 0 unspecified atom stereocenters. The van der Waals surface area contributed by atoms with Crippen molar-refractivity contribution < 1.29 is 5.11 Å². The monoisotopic (exact) mass is 235 g/mol. The van der Waals surface area contributed by atoms with E-state index >= 15 is 0 Å². The molecule has 0 heterocycles. The van der Waals surface area contributed by atoms with Crippen molar-refractivity contribution in [1.29, 1.82) is 0 Å². The number of benzene rings is 1. The molecule has 0 aliphatic rings. The molecule has 0 radical (unpaired) electrons. The maximum atomic E-state index is 10.0. The van der Waals surface area contributed by atoms with Crippen molar-refractivity contribution in [3.63, 3.8) is 0 Å². The van der Waals surface area contributed by atoms with E-state index in [4.69, 9.17) is 0 Å². The largest absolute Gasteiger partial charge is 0.388 e. The Morgan fingerprint density at radius 3 is 2.47 bits per heavy atom. The van der Waals surface area contributed by atoms with Gasteiger partial charge in [0.15, 0.2) is 0 Å². The number of aliphatic hydroxyl groups is 1. The first-order valence-corrected chi connectivity index (χ1v) is 6.65. The minimum atomic E-state index is -0.329. The van der Waals surface area contributed by atoms with Gasteiger partial charge in [-0.1, -0.05) is 50.1 Å². The molecule has 1 aromatic carbocycles. The van der Waals surface area contributed by atoms with Gasteiger partial charge >= 0.3 is 0 Å². The van der Waals surface area contributed by atoms with Crippen molar-refractivity contribution in [2.75, 3.05) is 20.1 Å². The van der Waals surface area contributed by atoms with Gasteiger partial charge in [0.25, 0.3) is 0 Å². The fourth-order valence-corrected chi connectivity index (χ4v) is 1.93. The van der Waals surface area contributed by atoms with Crippen molar-refractivity contribution in [3.8, 4) is 0 Å². The standard InChI is InChI=1S/C15H25NO/c1-3-4-8-12-16(2)13-11-15(17)14-9-6-5-7-10-14/h5-7,9-10,15,17H,3-4,8,11-13H2,1-2H3/t15-/m1/s1. The Kier molecular flexibility index (Phi) is 6.90. The van der Waals surface area contributed by atoms with Gasteiger partial charge in [-0.05, 0) is 32.0 Å². The Balaban J connectivity index is 2.21. The average Bonchev–Trinajstić information content (AvgIpc) is 2.37. The van der Waals surface area contributed by atoms with Gasteiger partial charge in [-0.15, -0.1) is 0 Å². The van der Waals surface area contributed by atoms with Crippen LogP contribution in [0.25, 0.3) is 0 Å². The molecule has 96 valence electrons. The van der Waals surface area contributed by atoms with Crippen LogP contribution < -0.4 is 0 Å². The maximum Gasteiger partial charge on any atom is 0.0802 e. The lowest BCUT2D eigenvalue weighted by atomic mass is 10.1. The Labute approximate surface area is 105 Å². The van der Waals surface area contributed by atoms with E-state index < -0.39 is 0 Å². The van der Waals surface area contributed by atoms with Crippen molar-refractivity contribution in [1.82, 2.24) is 4.90 Å². The van der Waals surface area contributed by atoms with Gasteiger partial charge in [0, 0.05) is 6.54 Å². The molecule has 1 rings (SSSR count). The highest BCUT2D eigenvalue weighted by Gasteiger charge is 2.07. The molecule has 0 aliphatic carbocycles. The number of hydrogen-bond acceptors (Lipinski definition) is 2. The molecular formula is C15H25NO. The summed E-state index contributed by atoms with van der Waals surface area (Å²) in [7, 11) is 2.13. The first-order chi connectivity index (χ1) is 8.24. The second-order valence-corrected chi connectivity index (χ2v) is 4.73.